The van der Waals surface area contributed by atoms with Crippen LogP contribution in [0.1, 0.15) is 30.5 Å². The van der Waals surface area contributed by atoms with Crippen molar-refractivity contribution in [1.29, 1.82) is 0 Å². The Kier molecular flexibility index (Phi) is 7.98. The maximum atomic E-state index is 2.76. The van der Waals surface area contributed by atoms with Crippen LogP contribution < -0.4 is 25.2 Å². The highest BCUT2D eigenvalue weighted by Gasteiger charge is 2.54. The molecule has 9 heteroatoms. The number of fused-ring (bicyclic) bond motifs is 6. The standard InChI is InChI=1S/C32H46S5Si4/c1-12-40(23-15-21(4)34-29(23)32-26(40)18-28(37-32)39(9,10)11)13-14-41(19-38(6,7)8)24-16-22(5)35-30(24)31-25(41)17-27(36-31)33-20(2)3/h15-18,20H,12-14,19H2,1-11H3. The molecule has 2 aliphatic rings. The van der Waals surface area contributed by atoms with Crippen molar-refractivity contribution in [3.8, 4) is 19.5 Å². The van der Waals surface area contributed by atoms with Gasteiger partial charge in [0, 0.05) is 42.6 Å². The molecule has 0 nitrogen and oxygen atoms in total. The molecule has 2 atom stereocenters. The molecule has 0 aliphatic carbocycles. The van der Waals surface area contributed by atoms with Gasteiger partial charge in [-0.05, 0) is 57.3 Å². The van der Waals surface area contributed by atoms with Crippen molar-refractivity contribution in [2.45, 2.75) is 107 Å². The molecule has 41 heavy (non-hydrogen) atoms. The summed E-state index contributed by atoms with van der Waals surface area (Å²) in [6, 6.07) is 15.0. The molecule has 0 radical (unpaired) electrons. The molecule has 0 fully saturated rings. The van der Waals surface area contributed by atoms with Crippen LogP contribution in [0.5, 0.6) is 0 Å². The topological polar surface area (TPSA) is 0 Å². The van der Waals surface area contributed by atoms with Gasteiger partial charge in [0.25, 0.3) is 0 Å². The third-order valence-electron chi connectivity index (χ3n) is 9.13. The first-order valence-corrected chi connectivity index (χ1v) is 31.4. The first-order chi connectivity index (χ1) is 19.1. The van der Waals surface area contributed by atoms with Crippen molar-refractivity contribution in [3.05, 3.63) is 34.0 Å². The Morgan fingerprint density at radius 2 is 1.17 bits per heavy atom. The summed E-state index contributed by atoms with van der Waals surface area (Å²) < 4.78 is 3.29. The van der Waals surface area contributed by atoms with Crippen LogP contribution in [0, 0.1) is 13.8 Å². The zero-order valence-corrected chi connectivity index (χ0v) is 34.8. The number of hydrogen-bond donors (Lipinski definition) is 0. The third kappa shape index (κ3) is 5.15. The third-order valence-corrected chi connectivity index (χ3v) is 35.6. The van der Waals surface area contributed by atoms with Crippen molar-refractivity contribution < 1.29 is 0 Å². The van der Waals surface area contributed by atoms with Gasteiger partial charge in [-0.1, -0.05) is 89.9 Å². The molecular weight excluding hydrogens is 657 g/mol. The first kappa shape index (κ1) is 31.0. The Morgan fingerprint density at radius 1 is 0.683 bits per heavy atom. The van der Waals surface area contributed by atoms with Crippen LogP contribution in [0.15, 0.2) is 28.5 Å². The average molecular weight is 703 g/mol. The van der Waals surface area contributed by atoms with E-state index in [0.29, 0.717) is 5.25 Å². The Bertz CT molecular complexity index is 1620. The van der Waals surface area contributed by atoms with Gasteiger partial charge in [-0.25, -0.2) is 0 Å². The fourth-order valence-corrected chi connectivity index (χ4v) is 38.8. The van der Waals surface area contributed by atoms with E-state index < -0.39 is 32.3 Å². The summed E-state index contributed by atoms with van der Waals surface area (Å²) in [7, 11) is -6.41. The van der Waals surface area contributed by atoms with Gasteiger partial charge >= 0.3 is 0 Å². The highest BCUT2D eigenvalue weighted by atomic mass is 32.2. The van der Waals surface area contributed by atoms with Crippen molar-refractivity contribution in [3.63, 3.8) is 0 Å². The van der Waals surface area contributed by atoms with Gasteiger partial charge in [-0.3, -0.25) is 0 Å². The Morgan fingerprint density at radius 3 is 1.71 bits per heavy atom. The molecule has 0 saturated carbocycles. The van der Waals surface area contributed by atoms with Gasteiger partial charge in [0.15, 0.2) is 0 Å². The summed E-state index contributed by atoms with van der Waals surface area (Å²) in [5.41, 5.74) is 1.50. The average Bonchev–Trinajstić information content (AvgIpc) is 3.64. The van der Waals surface area contributed by atoms with Crippen molar-refractivity contribution >= 4 is 115 Å². The molecule has 220 valence electrons. The highest BCUT2D eigenvalue weighted by molar-refractivity contribution is 8.01. The minimum atomic E-state index is -1.90. The second-order valence-corrected chi connectivity index (χ2v) is 41.7. The molecule has 0 spiro atoms. The molecule has 0 saturated heterocycles. The van der Waals surface area contributed by atoms with Gasteiger partial charge in [-0.15, -0.1) is 57.1 Å². The van der Waals surface area contributed by atoms with Crippen LogP contribution in [0.2, 0.25) is 63.1 Å². The Balaban J connectivity index is 1.51. The fourth-order valence-electron chi connectivity index (χ4n) is 7.54. The van der Waals surface area contributed by atoms with Gasteiger partial charge in [0.2, 0.25) is 0 Å². The molecule has 6 heterocycles. The van der Waals surface area contributed by atoms with Gasteiger partial charge < -0.3 is 0 Å². The summed E-state index contributed by atoms with van der Waals surface area (Å²) in [6.07, 6.45) is 0. The Labute approximate surface area is 273 Å². The largest absolute Gasteiger partial charge is 0.144 e. The van der Waals surface area contributed by atoms with E-state index in [0.717, 1.165) is 0 Å². The lowest BCUT2D eigenvalue weighted by Gasteiger charge is -2.37. The maximum absolute atomic E-state index is 2.76. The van der Waals surface area contributed by atoms with Crippen LogP contribution >= 0.6 is 57.1 Å². The van der Waals surface area contributed by atoms with E-state index in [1.165, 1.54) is 33.6 Å². The predicted octanol–water partition coefficient (Wildman–Crippen LogP) is 9.28. The first-order valence-electron chi connectivity index (χ1n) is 15.3. The predicted molar refractivity (Wildman–Crippen MR) is 207 cm³/mol. The molecule has 4 aromatic rings. The molecule has 2 unspecified atom stereocenters. The van der Waals surface area contributed by atoms with Gasteiger partial charge in [-0.2, -0.15) is 0 Å². The molecule has 0 amide bonds. The number of rotatable bonds is 9. The summed E-state index contributed by atoms with van der Waals surface area (Å²) in [4.78, 5) is 9.76. The van der Waals surface area contributed by atoms with Crippen LogP contribution in [-0.4, -0.2) is 37.5 Å². The zero-order valence-electron chi connectivity index (χ0n) is 26.8. The summed E-state index contributed by atoms with van der Waals surface area (Å²) >= 11 is 10.6. The molecule has 0 aromatic carbocycles. The van der Waals surface area contributed by atoms with E-state index in [2.05, 4.69) is 155 Å². The minimum absolute atomic E-state index is 0.637. The molecular formula is C32H46S5Si4. The lowest BCUT2D eigenvalue weighted by Crippen LogP contribution is -2.62. The SMILES string of the molecule is CC[Si]1(CC[Si]2(C[Si](C)(C)C)c3cc(C)sc3-c3sc(SC(C)C)cc32)c2cc(C)sc2-c2sc([Si](C)(C)C)cc21. The number of thioether (sulfide) groups is 1. The van der Waals surface area contributed by atoms with Gasteiger partial charge in [0.05, 0.1) is 12.3 Å². The van der Waals surface area contributed by atoms with Crippen molar-refractivity contribution in [2.75, 3.05) is 0 Å². The normalized spacial score (nSPS) is 21.5. The van der Waals surface area contributed by atoms with Crippen LogP contribution in [0.25, 0.3) is 19.5 Å². The van der Waals surface area contributed by atoms with E-state index in [1.54, 1.807) is 28.2 Å². The summed E-state index contributed by atoms with van der Waals surface area (Å²) in [5.74, 6) is 0. The lowest BCUT2D eigenvalue weighted by atomic mass is 10.4. The second-order valence-electron chi connectivity index (χ2n) is 15.0. The number of hydrogen-bond acceptors (Lipinski definition) is 5. The second kappa shape index (κ2) is 10.5. The van der Waals surface area contributed by atoms with Crippen molar-refractivity contribution in [2.24, 2.45) is 0 Å². The minimum Gasteiger partial charge on any atom is -0.144 e. The lowest BCUT2D eigenvalue weighted by molar-refractivity contribution is 1.11. The van der Waals surface area contributed by atoms with E-state index in [1.807, 2.05) is 20.7 Å². The smallest absolute Gasteiger partial charge is 0.121 e. The van der Waals surface area contributed by atoms with E-state index in [9.17, 15) is 0 Å². The summed E-state index contributed by atoms with van der Waals surface area (Å²) in [6.45, 7) is 27.6. The zero-order chi connectivity index (χ0) is 29.7. The monoisotopic (exact) mass is 702 g/mol. The molecule has 0 bridgehead atoms. The molecule has 2 aliphatic heterocycles. The summed E-state index contributed by atoms with van der Waals surface area (Å²) in [5, 5.41) is 7.95. The van der Waals surface area contributed by atoms with Gasteiger partial charge in [0.1, 0.15) is 16.1 Å². The van der Waals surface area contributed by atoms with Crippen LogP contribution in [0.3, 0.4) is 0 Å². The van der Waals surface area contributed by atoms with Crippen LogP contribution in [-0.2, 0) is 0 Å². The number of aryl methyl sites for hydroxylation is 2. The fraction of sp³-hybridized carbons (Fsp3) is 0.500. The maximum Gasteiger partial charge on any atom is 0.121 e. The van der Waals surface area contributed by atoms with E-state index in [4.69, 9.17) is 0 Å². The van der Waals surface area contributed by atoms with Crippen molar-refractivity contribution in [1.82, 2.24) is 0 Å². The van der Waals surface area contributed by atoms with E-state index >= 15 is 0 Å². The molecule has 4 aromatic heterocycles. The Hall–Kier alpha value is 0.0175. The molecule has 6 rings (SSSR count). The quantitative estimate of drug-likeness (QED) is 0.124. The van der Waals surface area contributed by atoms with E-state index in [-0.39, 0.29) is 0 Å². The molecule has 0 N–H and O–H groups in total. The highest BCUT2D eigenvalue weighted by Crippen LogP contribution is 2.48. The van der Waals surface area contributed by atoms with Crippen LogP contribution in [0.4, 0.5) is 0 Å². The number of thiophene rings is 4.